The predicted molar refractivity (Wildman–Crippen MR) is 88.8 cm³/mol. The lowest BCUT2D eigenvalue weighted by Gasteiger charge is -2.14. The summed E-state index contributed by atoms with van der Waals surface area (Å²) < 4.78 is 6.61. The van der Waals surface area contributed by atoms with Crippen LogP contribution in [0.2, 0.25) is 0 Å². The minimum Gasteiger partial charge on any atom is -0.492 e. The molecule has 0 unspecified atom stereocenters. The molecule has 0 fully saturated rings. The van der Waals surface area contributed by atoms with Crippen molar-refractivity contribution >= 4 is 33.0 Å². The van der Waals surface area contributed by atoms with E-state index in [1.807, 2.05) is 31.2 Å². The average Bonchev–Trinajstić information content (AvgIpc) is 2.44. The van der Waals surface area contributed by atoms with Gasteiger partial charge < -0.3 is 15.8 Å². The zero-order chi connectivity index (χ0) is 14.5. The first-order chi connectivity index (χ1) is 9.63. The lowest BCUT2D eigenvalue weighted by atomic mass is 10.1. The molecule has 2 aromatic rings. The van der Waals surface area contributed by atoms with Crippen molar-refractivity contribution in [3.8, 4) is 5.75 Å². The second-order valence-electron chi connectivity index (χ2n) is 4.47. The average molecular weight is 335 g/mol. The molecule has 0 spiro atoms. The highest BCUT2D eigenvalue weighted by Crippen LogP contribution is 2.29. The van der Waals surface area contributed by atoms with Gasteiger partial charge in [0.25, 0.3) is 0 Å². The van der Waals surface area contributed by atoms with E-state index in [4.69, 9.17) is 10.5 Å². The lowest BCUT2D eigenvalue weighted by molar-refractivity contribution is 0.342. The topological polar surface area (TPSA) is 47.3 Å². The standard InChI is InChI=1S/C16H19BrN2O/c1-3-11-9-12(17)5-8-15(11)19-13-6-7-14(18)16(10-13)20-4-2/h5-10,19H,3-4,18H2,1-2H3. The van der Waals surface area contributed by atoms with Crippen molar-refractivity contribution in [3.63, 3.8) is 0 Å². The van der Waals surface area contributed by atoms with Crippen LogP contribution in [0.3, 0.4) is 0 Å². The van der Waals surface area contributed by atoms with Crippen LogP contribution in [0.1, 0.15) is 19.4 Å². The number of nitrogen functional groups attached to an aromatic ring is 1. The summed E-state index contributed by atoms with van der Waals surface area (Å²) in [5.41, 5.74) is 9.87. The SMILES string of the molecule is CCOc1cc(Nc2ccc(Br)cc2CC)ccc1N. The number of hydrogen-bond donors (Lipinski definition) is 2. The Labute approximate surface area is 128 Å². The highest BCUT2D eigenvalue weighted by atomic mass is 79.9. The Hall–Kier alpha value is -1.68. The lowest BCUT2D eigenvalue weighted by Crippen LogP contribution is -1.99. The van der Waals surface area contributed by atoms with Crippen LogP contribution in [0.25, 0.3) is 0 Å². The molecule has 0 atom stereocenters. The van der Waals surface area contributed by atoms with Crippen molar-refractivity contribution in [1.82, 2.24) is 0 Å². The Morgan fingerprint density at radius 2 is 1.95 bits per heavy atom. The molecule has 0 aliphatic carbocycles. The molecule has 0 amide bonds. The molecule has 20 heavy (non-hydrogen) atoms. The van der Waals surface area contributed by atoms with E-state index in [2.05, 4.69) is 40.3 Å². The number of benzene rings is 2. The smallest absolute Gasteiger partial charge is 0.144 e. The minimum atomic E-state index is 0.603. The number of rotatable bonds is 5. The Kier molecular flexibility index (Phi) is 4.90. The van der Waals surface area contributed by atoms with Crippen LogP contribution in [0.15, 0.2) is 40.9 Å². The highest BCUT2D eigenvalue weighted by molar-refractivity contribution is 9.10. The number of hydrogen-bond acceptors (Lipinski definition) is 3. The van der Waals surface area contributed by atoms with Crippen molar-refractivity contribution in [1.29, 1.82) is 0 Å². The maximum Gasteiger partial charge on any atom is 0.144 e. The number of nitrogens with one attached hydrogen (secondary N) is 1. The van der Waals surface area contributed by atoms with Crippen molar-refractivity contribution in [3.05, 3.63) is 46.4 Å². The van der Waals surface area contributed by atoms with Crippen LogP contribution in [0.5, 0.6) is 5.75 Å². The monoisotopic (exact) mass is 334 g/mol. The summed E-state index contributed by atoms with van der Waals surface area (Å²) in [6, 6.07) is 12.0. The third-order valence-corrected chi connectivity index (χ3v) is 3.53. The zero-order valence-corrected chi connectivity index (χ0v) is 13.3. The number of aryl methyl sites for hydroxylation is 1. The van der Waals surface area contributed by atoms with E-state index >= 15 is 0 Å². The number of anilines is 3. The van der Waals surface area contributed by atoms with E-state index in [1.165, 1.54) is 5.56 Å². The summed E-state index contributed by atoms with van der Waals surface area (Å²) >= 11 is 3.50. The summed E-state index contributed by atoms with van der Waals surface area (Å²) in [6.45, 7) is 4.69. The summed E-state index contributed by atoms with van der Waals surface area (Å²) in [5, 5.41) is 3.42. The molecule has 106 valence electrons. The van der Waals surface area contributed by atoms with Gasteiger partial charge in [-0.1, -0.05) is 22.9 Å². The van der Waals surface area contributed by atoms with E-state index in [1.54, 1.807) is 0 Å². The molecule has 0 heterocycles. The second kappa shape index (κ2) is 6.66. The van der Waals surface area contributed by atoms with Crippen molar-refractivity contribution in [2.75, 3.05) is 17.7 Å². The molecular formula is C16H19BrN2O. The highest BCUT2D eigenvalue weighted by Gasteiger charge is 2.05. The molecule has 0 radical (unpaired) electrons. The Morgan fingerprint density at radius 3 is 2.65 bits per heavy atom. The largest absolute Gasteiger partial charge is 0.492 e. The molecule has 3 nitrogen and oxygen atoms in total. The summed E-state index contributed by atoms with van der Waals surface area (Å²) in [5.74, 6) is 0.715. The van der Waals surface area contributed by atoms with Crippen LogP contribution >= 0.6 is 15.9 Å². The Bertz CT molecular complexity index is 599. The van der Waals surface area contributed by atoms with Gasteiger partial charge in [0.15, 0.2) is 0 Å². The van der Waals surface area contributed by atoms with Crippen LogP contribution in [0, 0.1) is 0 Å². The number of ether oxygens (including phenoxy) is 1. The van der Waals surface area contributed by atoms with E-state index < -0.39 is 0 Å². The van der Waals surface area contributed by atoms with E-state index in [0.29, 0.717) is 18.0 Å². The van der Waals surface area contributed by atoms with E-state index in [0.717, 1.165) is 22.3 Å². The summed E-state index contributed by atoms with van der Waals surface area (Å²) in [6.07, 6.45) is 0.967. The predicted octanol–water partition coefficient (Wildman–Crippen LogP) is 4.74. The van der Waals surface area contributed by atoms with Gasteiger partial charge in [-0.05, 0) is 49.2 Å². The molecule has 4 heteroatoms. The van der Waals surface area contributed by atoms with Gasteiger partial charge in [-0.15, -0.1) is 0 Å². The minimum absolute atomic E-state index is 0.603. The van der Waals surface area contributed by atoms with Gasteiger partial charge in [0.1, 0.15) is 5.75 Å². The van der Waals surface area contributed by atoms with Gasteiger partial charge >= 0.3 is 0 Å². The molecule has 3 N–H and O–H groups in total. The maximum absolute atomic E-state index is 5.89. The molecular weight excluding hydrogens is 316 g/mol. The van der Waals surface area contributed by atoms with Gasteiger partial charge in [-0.2, -0.15) is 0 Å². The number of halogens is 1. The van der Waals surface area contributed by atoms with E-state index in [9.17, 15) is 0 Å². The molecule has 2 aromatic carbocycles. The van der Waals surface area contributed by atoms with Crippen molar-refractivity contribution < 1.29 is 4.74 Å². The van der Waals surface area contributed by atoms with Gasteiger partial charge in [0, 0.05) is 21.9 Å². The Morgan fingerprint density at radius 1 is 1.15 bits per heavy atom. The molecule has 0 saturated carbocycles. The summed E-state index contributed by atoms with van der Waals surface area (Å²) in [4.78, 5) is 0. The second-order valence-corrected chi connectivity index (χ2v) is 5.38. The fraction of sp³-hybridized carbons (Fsp3) is 0.250. The normalized spacial score (nSPS) is 10.3. The van der Waals surface area contributed by atoms with E-state index in [-0.39, 0.29) is 0 Å². The van der Waals surface area contributed by atoms with Crippen LogP contribution in [-0.2, 0) is 6.42 Å². The third-order valence-electron chi connectivity index (χ3n) is 3.04. The van der Waals surface area contributed by atoms with Crippen LogP contribution < -0.4 is 15.8 Å². The first-order valence-electron chi connectivity index (χ1n) is 6.71. The fourth-order valence-electron chi connectivity index (χ4n) is 2.02. The molecule has 0 aromatic heterocycles. The first-order valence-corrected chi connectivity index (χ1v) is 7.51. The third kappa shape index (κ3) is 3.45. The quantitative estimate of drug-likeness (QED) is 0.776. The van der Waals surface area contributed by atoms with Gasteiger partial charge in [-0.25, -0.2) is 0 Å². The van der Waals surface area contributed by atoms with Crippen LogP contribution in [0.4, 0.5) is 17.1 Å². The maximum atomic E-state index is 5.89. The van der Waals surface area contributed by atoms with Gasteiger partial charge in [0.05, 0.1) is 12.3 Å². The molecule has 2 rings (SSSR count). The van der Waals surface area contributed by atoms with Gasteiger partial charge in [0.2, 0.25) is 0 Å². The molecule has 0 aliphatic rings. The number of nitrogens with two attached hydrogens (primary N) is 1. The molecule has 0 bridgehead atoms. The van der Waals surface area contributed by atoms with Crippen LogP contribution in [-0.4, -0.2) is 6.61 Å². The van der Waals surface area contributed by atoms with Gasteiger partial charge in [-0.3, -0.25) is 0 Å². The summed E-state index contributed by atoms with van der Waals surface area (Å²) in [7, 11) is 0. The van der Waals surface area contributed by atoms with Crippen molar-refractivity contribution in [2.45, 2.75) is 20.3 Å². The zero-order valence-electron chi connectivity index (χ0n) is 11.7. The fourth-order valence-corrected chi connectivity index (χ4v) is 2.43. The Balaban J connectivity index is 2.28. The van der Waals surface area contributed by atoms with Crippen molar-refractivity contribution in [2.24, 2.45) is 0 Å². The molecule has 0 saturated heterocycles. The first kappa shape index (κ1) is 14.7. The molecule has 0 aliphatic heterocycles.